The Balaban J connectivity index is 2.27. The van der Waals surface area contributed by atoms with E-state index >= 15 is 0 Å². The van der Waals surface area contributed by atoms with Gasteiger partial charge < -0.3 is 10.0 Å². The van der Waals surface area contributed by atoms with E-state index in [-0.39, 0.29) is 0 Å². The molecule has 2 rings (SSSR count). The molecule has 0 unspecified atom stereocenters. The summed E-state index contributed by atoms with van der Waals surface area (Å²) < 4.78 is 0. The van der Waals surface area contributed by atoms with E-state index < -0.39 is 5.97 Å². The van der Waals surface area contributed by atoms with Gasteiger partial charge in [0.2, 0.25) is 0 Å². The molecular weight excluding hydrogens is 226 g/mol. The molecule has 1 N–H and O–H groups in total. The van der Waals surface area contributed by atoms with Crippen LogP contribution in [0, 0.1) is 0 Å². The molecule has 0 saturated heterocycles. The zero-order chi connectivity index (χ0) is 13.0. The van der Waals surface area contributed by atoms with Gasteiger partial charge in [0.25, 0.3) is 0 Å². The number of rotatable bonds is 4. The topological polar surface area (TPSA) is 40.5 Å². The lowest BCUT2D eigenvalue weighted by atomic mass is 10.1. The number of carboxylic acids is 1. The molecule has 0 aliphatic heterocycles. The third-order valence-electron chi connectivity index (χ3n) is 2.82. The molecule has 0 bridgehead atoms. The van der Waals surface area contributed by atoms with E-state index in [1.54, 1.807) is 6.08 Å². The summed E-state index contributed by atoms with van der Waals surface area (Å²) in [5.74, 6) is -0.915. The van der Waals surface area contributed by atoms with Gasteiger partial charge in [0, 0.05) is 30.7 Å². The van der Waals surface area contributed by atoms with Gasteiger partial charge in [-0.15, -0.1) is 0 Å². The summed E-state index contributed by atoms with van der Waals surface area (Å²) in [7, 11) is 1.95. The maximum Gasteiger partial charge on any atom is 0.328 e. The third kappa shape index (κ3) is 2.69. The second-order valence-corrected chi connectivity index (χ2v) is 4.12. The van der Waals surface area contributed by atoms with Crippen molar-refractivity contribution in [2.45, 2.75) is 0 Å². The first-order valence-electron chi connectivity index (χ1n) is 5.77. The number of fused-ring (bicyclic) bond motifs is 1. The first-order valence-corrected chi connectivity index (χ1v) is 5.77. The lowest BCUT2D eigenvalue weighted by Gasteiger charge is -2.19. The molecule has 0 aromatic heterocycles. The van der Waals surface area contributed by atoms with Crippen molar-refractivity contribution in [2.24, 2.45) is 0 Å². The van der Waals surface area contributed by atoms with Crippen LogP contribution in [0.5, 0.6) is 0 Å². The van der Waals surface area contributed by atoms with E-state index in [1.807, 2.05) is 36.2 Å². The number of benzene rings is 2. The minimum Gasteiger partial charge on any atom is -0.478 e. The van der Waals surface area contributed by atoms with Crippen LogP contribution in [0.15, 0.2) is 54.6 Å². The highest BCUT2D eigenvalue weighted by molar-refractivity contribution is 5.94. The summed E-state index contributed by atoms with van der Waals surface area (Å²) in [5.41, 5.74) is 1.10. The van der Waals surface area contributed by atoms with Crippen LogP contribution < -0.4 is 4.90 Å². The highest BCUT2D eigenvalue weighted by atomic mass is 16.4. The number of likely N-dealkylation sites (N-methyl/N-ethyl adjacent to an activating group) is 1. The van der Waals surface area contributed by atoms with Crippen molar-refractivity contribution in [3.8, 4) is 0 Å². The molecule has 0 spiro atoms. The highest BCUT2D eigenvalue weighted by Gasteiger charge is 2.03. The fourth-order valence-corrected chi connectivity index (χ4v) is 1.95. The zero-order valence-corrected chi connectivity index (χ0v) is 10.2. The molecule has 0 heterocycles. The van der Waals surface area contributed by atoms with Gasteiger partial charge >= 0.3 is 5.97 Å². The van der Waals surface area contributed by atoms with Crippen molar-refractivity contribution in [2.75, 3.05) is 18.5 Å². The average molecular weight is 241 g/mol. The summed E-state index contributed by atoms with van der Waals surface area (Å²) in [4.78, 5) is 12.5. The van der Waals surface area contributed by atoms with Crippen LogP contribution in [0.4, 0.5) is 5.69 Å². The molecule has 2 aromatic rings. The van der Waals surface area contributed by atoms with Crippen molar-refractivity contribution < 1.29 is 9.90 Å². The lowest BCUT2D eigenvalue weighted by Crippen LogP contribution is -2.17. The van der Waals surface area contributed by atoms with Gasteiger partial charge in [-0.25, -0.2) is 4.79 Å². The van der Waals surface area contributed by atoms with Gasteiger partial charge in [0.15, 0.2) is 0 Å². The van der Waals surface area contributed by atoms with Gasteiger partial charge in [-0.1, -0.05) is 42.5 Å². The van der Waals surface area contributed by atoms with Crippen molar-refractivity contribution in [1.29, 1.82) is 0 Å². The minimum absolute atomic E-state index is 0.570. The molecule has 92 valence electrons. The Morgan fingerprint density at radius 3 is 2.72 bits per heavy atom. The van der Waals surface area contributed by atoms with Crippen LogP contribution >= 0.6 is 0 Å². The summed E-state index contributed by atoms with van der Waals surface area (Å²) in [6, 6.07) is 14.3. The predicted octanol–water partition coefficient (Wildman–Crippen LogP) is 2.92. The van der Waals surface area contributed by atoms with E-state index in [9.17, 15) is 4.79 Å². The molecule has 0 aliphatic carbocycles. The maximum atomic E-state index is 10.4. The molecule has 18 heavy (non-hydrogen) atoms. The van der Waals surface area contributed by atoms with Crippen molar-refractivity contribution >= 4 is 22.4 Å². The number of hydrogen-bond donors (Lipinski definition) is 1. The highest BCUT2D eigenvalue weighted by Crippen LogP contribution is 2.25. The average Bonchev–Trinajstić information content (AvgIpc) is 2.37. The maximum absolute atomic E-state index is 10.4. The Bertz CT molecular complexity index is 585. The number of carbonyl (C=O) groups is 1. The second-order valence-electron chi connectivity index (χ2n) is 4.12. The van der Waals surface area contributed by atoms with Crippen LogP contribution in [0.25, 0.3) is 10.8 Å². The molecule has 0 atom stereocenters. The Morgan fingerprint density at radius 1 is 1.22 bits per heavy atom. The fourth-order valence-electron chi connectivity index (χ4n) is 1.95. The number of hydrogen-bond acceptors (Lipinski definition) is 2. The predicted molar refractivity (Wildman–Crippen MR) is 74.0 cm³/mol. The summed E-state index contributed by atoms with van der Waals surface area (Å²) in [6.07, 6.45) is 2.81. The van der Waals surface area contributed by atoms with Crippen LogP contribution in [-0.2, 0) is 4.79 Å². The van der Waals surface area contributed by atoms with Gasteiger partial charge in [-0.3, -0.25) is 0 Å². The smallest absolute Gasteiger partial charge is 0.328 e. The number of aliphatic carboxylic acids is 1. The molecular formula is C15H15NO2. The fraction of sp³-hybridized carbons (Fsp3) is 0.133. The molecule has 0 saturated carbocycles. The van der Waals surface area contributed by atoms with Crippen LogP contribution in [-0.4, -0.2) is 24.7 Å². The quantitative estimate of drug-likeness (QED) is 0.837. The summed E-state index contributed by atoms with van der Waals surface area (Å²) in [6.45, 7) is 0.570. The van der Waals surface area contributed by atoms with Crippen LogP contribution in [0.3, 0.4) is 0 Å². The van der Waals surface area contributed by atoms with Gasteiger partial charge in [0.05, 0.1) is 0 Å². The number of nitrogens with zero attached hydrogens (tertiary/aromatic N) is 1. The van der Waals surface area contributed by atoms with Crippen LogP contribution in [0.1, 0.15) is 0 Å². The molecule has 2 aromatic carbocycles. The molecule has 3 nitrogen and oxygen atoms in total. The van der Waals surface area contributed by atoms with E-state index in [0.29, 0.717) is 6.54 Å². The monoisotopic (exact) mass is 241 g/mol. The molecule has 0 fully saturated rings. The normalized spacial score (nSPS) is 10.9. The van der Waals surface area contributed by atoms with E-state index in [4.69, 9.17) is 5.11 Å². The van der Waals surface area contributed by atoms with E-state index in [2.05, 4.69) is 18.2 Å². The van der Waals surface area contributed by atoms with E-state index in [1.165, 1.54) is 16.8 Å². The molecule has 0 radical (unpaired) electrons. The van der Waals surface area contributed by atoms with Crippen molar-refractivity contribution in [3.63, 3.8) is 0 Å². The second kappa shape index (κ2) is 5.36. The first-order chi connectivity index (χ1) is 8.68. The van der Waals surface area contributed by atoms with E-state index in [0.717, 1.165) is 5.69 Å². The summed E-state index contributed by atoms with van der Waals surface area (Å²) >= 11 is 0. The van der Waals surface area contributed by atoms with Gasteiger partial charge in [-0.05, 0) is 11.5 Å². The lowest BCUT2D eigenvalue weighted by molar-refractivity contribution is -0.131. The molecule has 3 heteroatoms. The number of carboxylic acid groups (broad SMARTS) is 1. The Morgan fingerprint density at radius 2 is 1.94 bits per heavy atom. The van der Waals surface area contributed by atoms with Crippen molar-refractivity contribution in [3.05, 3.63) is 54.6 Å². The minimum atomic E-state index is -0.915. The van der Waals surface area contributed by atoms with Gasteiger partial charge in [-0.2, -0.15) is 0 Å². The largest absolute Gasteiger partial charge is 0.478 e. The first kappa shape index (κ1) is 12.2. The zero-order valence-electron chi connectivity index (χ0n) is 10.2. The number of anilines is 1. The van der Waals surface area contributed by atoms with Crippen molar-refractivity contribution in [1.82, 2.24) is 0 Å². The molecule has 0 amide bonds. The third-order valence-corrected chi connectivity index (χ3v) is 2.82. The van der Waals surface area contributed by atoms with Crippen LogP contribution in [0.2, 0.25) is 0 Å². The molecule has 0 aliphatic rings. The Kier molecular flexibility index (Phi) is 3.63. The van der Waals surface area contributed by atoms with Gasteiger partial charge in [0.1, 0.15) is 0 Å². The summed E-state index contributed by atoms with van der Waals surface area (Å²) in [5, 5.41) is 10.9. The standard InChI is InChI=1S/C15H15NO2/c1-16(11-5-10-15(17)18)14-9-4-7-12-6-2-3-8-13(12)14/h2-10H,11H2,1H3,(H,17,18)/b10-5+. The Hall–Kier alpha value is -2.29. The Labute approximate surface area is 106 Å². The SMILES string of the molecule is CN(C/C=C/C(=O)O)c1cccc2ccccc12.